The molecule has 1 N–H and O–H groups in total. The van der Waals surface area contributed by atoms with Crippen LogP contribution >= 0.6 is 15.9 Å². The molecule has 0 radical (unpaired) electrons. The number of aromatic nitrogens is 2. The molecule has 0 aromatic carbocycles. The Kier molecular flexibility index (Phi) is 4.30. The smallest absolute Gasteiger partial charge is 0.141 e. The second-order valence-corrected chi connectivity index (χ2v) is 4.03. The molecule has 0 spiro atoms. The largest absolute Gasteiger partial charge is 0.343 e. The molecule has 4 nitrogen and oxygen atoms in total. The molecule has 15 heavy (non-hydrogen) atoms. The van der Waals surface area contributed by atoms with Crippen molar-refractivity contribution in [3.05, 3.63) is 16.1 Å². The van der Waals surface area contributed by atoms with Crippen LogP contribution in [0.1, 0.15) is 31.4 Å². The molecule has 0 amide bonds. The molecule has 0 aliphatic carbocycles. The van der Waals surface area contributed by atoms with Crippen LogP contribution in [-0.2, 0) is 0 Å². The number of hydrogen-bond donors (Lipinski definition) is 1. The Hall–Kier alpha value is -0.860. The van der Waals surface area contributed by atoms with Gasteiger partial charge in [-0.25, -0.2) is 4.98 Å². The Balaban J connectivity index is 3.02. The first-order chi connectivity index (χ1) is 7.13. The standard InChI is InChI=1S/C10H15BrN4/c1-4-15(5-2)8(6-12)9-10(11)14-7(3)13-9/h8H,4-5H2,1-3H3,(H,13,14). The van der Waals surface area contributed by atoms with Gasteiger partial charge in [0.05, 0.1) is 11.8 Å². The Morgan fingerprint density at radius 3 is 2.47 bits per heavy atom. The second kappa shape index (κ2) is 5.29. The number of nitrogens with one attached hydrogen (secondary N) is 1. The molecule has 0 aliphatic heterocycles. The van der Waals surface area contributed by atoms with Gasteiger partial charge in [0, 0.05) is 0 Å². The van der Waals surface area contributed by atoms with Crippen molar-refractivity contribution in [3.8, 4) is 6.07 Å². The molecule has 1 rings (SSSR count). The highest BCUT2D eigenvalue weighted by atomic mass is 79.9. The van der Waals surface area contributed by atoms with Gasteiger partial charge in [-0.05, 0) is 35.9 Å². The third-order valence-corrected chi connectivity index (χ3v) is 2.98. The van der Waals surface area contributed by atoms with Crippen molar-refractivity contribution in [1.29, 1.82) is 5.26 Å². The molecule has 1 atom stereocenters. The fourth-order valence-electron chi connectivity index (χ4n) is 1.58. The van der Waals surface area contributed by atoms with E-state index in [4.69, 9.17) is 0 Å². The van der Waals surface area contributed by atoms with Crippen molar-refractivity contribution < 1.29 is 0 Å². The molecular weight excluding hydrogens is 256 g/mol. The van der Waals surface area contributed by atoms with Gasteiger partial charge in [0.2, 0.25) is 0 Å². The summed E-state index contributed by atoms with van der Waals surface area (Å²) in [6.45, 7) is 7.67. The number of rotatable bonds is 4. The van der Waals surface area contributed by atoms with Gasteiger partial charge in [-0.3, -0.25) is 4.90 Å². The minimum absolute atomic E-state index is 0.254. The van der Waals surface area contributed by atoms with E-state index in [1.807, 2.05) is 20.8 Å². The van der Waals surface area contributed by atoms with Crippen molar-refractivity contribution in [3.63, 3.8) is 0 Å². The first-order valence-electron chi connectivity index (χ1n) is 4.99. The van der Waals surface area contributed by atoms with Gasteiger partial charge >= 0.3 is 0 Å². The van der Waals surface area contributed by atoms with Crippen LogP contribution in [0.2, 0.25) is 0 Å². The van der Waals surface area contributed by atoms with Crippen molar-refractivity contribution in [1.82, 2.24) is 14.9 Å². The molecule has 0 saturated carbocycles. The molecule has 5 heteroatoms. The maximum absolute atomic E-state index is 9.19. The predicted molar refractivity (Wildman–Crippen MR) is 62.3 cm³/mol. The molecule has 1 heterocycles. The van der Waals surface area contributed by atoms with Crippen LogP contribution in [0.3, 0.4) is 0 Å². The summed E-state index contributed by atoms with van der Waals surface area (Å²) >= 11 is 3.37. The van der Waals surface area contributed by atoms with Crippen LogP contribution in [0.4, 0.5) is 0 Å². The fourth-order valence-corrected chi connectivity index (χ4v) is 2.16. The van der Waals surface area contributed by atoms with Crippen LogP contribution in [0.5, 0.6) is 0 Å². The summed E-state index contributed by atoms with van der Waals surface area (Å²) in [6.07, 6.45) is 0. The lowest BCUT2D eigenvalue weighted by atomic mass is 10.2. The summed E-state index contributed by atoms with van der Waals surface area (Å²) in [4.78, 5) is 9.42. The zero-order chi connectivity index (χ0) is 11.4. The molecule has 1 unspecified atom stereocenters. The van der Waals surface area contributed by atoms with E-state index in [0.717, 1.165) is 29.2 Å². The maximum Gasteiger partial charge on any atom is 0.141 e. The van der Waals surface area contributed by atoms with Gasteiger partial charge in [-0.2, -0.15) is 5.26 Å². The molecule has 0 bridgehead atoms. The maximum atomic E-state index is 9.19. The molecular formula is C10H15BrN4. The molecule has 0 saturated heterocycles. The van der Waals surface area contributed by atoms with Crippen molar-refractivity contribution in [2.75, 3.05) is 13.1 Å². The normalized spacial score (nSPS) is 12.8. The van der Waals surface area contributed by atoms with Crippen molar-refractivity contribution in [2.45, 2.75) is 26.8 Å². The Bertz CT molecular complexity index is 362. The Morgan fingerprint density at radius 1 is 1.53 bits per heavy atom. The quantitative estimate of drug-likeness (QED) is 0.914. The Labute approximate surface area is 98.4 Å². The van der Waals surface area contributed by atoms with Crippen molar-refractivity contribution >= 4 is 15.9 Å². The first kappa shape index (κ1) is 12.2. The zero-order valence-corrected chi connectivity index (χ0v) is 10.8. The number of aryl methyl sites for hydroxylation is 1. The lowest BCUT2D eigenvalue weighted by Crippen LogP contribution is -2.27. The summed E-state index contributed by atoms with van der Waals surface area (Å²) in [5, 5.41) is 9.19. The number of halogens is 1. The summed E-state index contributed by atoms with van der Waals surface area (Å²) in [7, 11) is 0. The average Bonchev–Trinajstić information content (AvgIpc) is 2.54. The van der Waals surface area contributed by atoms with Crippen LogP contribution in [0.25, 0.3) is 0 Å². The SMILES string of the molecule is CCN(CC)C(C#N)c1[nH]c(C)nc1Br. The van der Waals surface area contributed by atoms with Gasteiger partial charge in [0.1, 0.15) is 16.5 Å². The summed E-state index contributed by atoms with van der Waals surface area (Å²) < 4.78 is 0.735. The third kappa shape index (κ3) is 2.58. The summed E-state index contributed by atoms with van der Waals surface area (Å²) in [6, 6.07) is 2.05. The van der Waals surface area contributed by atoms with E-state index >= 15 is 0 Å². The fraction of sp³-hybridized carbons (Fsp3) is 0.600. The van der Waals surface area contributed by atoms with Gasteiger partial charge < -0.3 is 4.98 Å². The zero-order valence-electron chi connectivity index (χ0n) is 9.21. The molecule has 0 aliphatic rings. The van der Waals surface area contributed by atoms with Gasteiger partial charge in [-0.15, -0.1) is 0 Å². The highest BCUT2D eigenvalue weighted by Gasteiger charge is 2.22. The predicted octanol–water partition coefficient (Wildman–Crippen LogP) is 2.39. The van der Waals surface area contributed by atoms with Crippen LogP contribution < -0.4 is 0 Å². The van der Waals surface area contributed by atoms with E-state index in [0.29, 0.717) is 0 Å². The van der Waals surface area contributed by atoms with E-state index in [-0.39, 0.29) is 6.04 Å². The number of nitrogens with zero attached hydrogens (tertiary/aromatic N) is 3. The molecule has 0 fully saturated rings. The third-order valence-electron chi connectivity index (χ3n) is 2.38. The number of imidazole rings is 1. The first-order valence-corrected chi connectivity index (χ1v) is 5.79. The monoisotopic (exact) mass is 270 g/mol. The number of aromatic amines is 1. The average molecular weight is 271 g/mol. The highest BCUT2D eigenvalue weighted by Crippen LogP contribution is 2.25. The van der Waals surface area contributed by atoms with Crippen LogP contribution in [-0.4, -0.2) is 28.0 Å². The van der Waals surface area contributed by atoms with Gasteiger partial charge in [-0.1, -0.05) is 13.8 Å². The molecule has 1 aromatic rings. The Morgan fingerprint density at radius 2 is 2.13 bits per heavy atom. The minimum Gasteiger partial charge on any atom is -0.343 e. The van der Waals surface area contributed by atoms with E-state index in [9.17, 15) is 5.26 Å². The van der Waals surface area contributed by atoms with E-state index in [2.05, 4.69) is 36.9 Å². The lowest BCUT2D eigenvalue weighted by molar-refractivity contribution is 0.258. The van der Waals surface area contributed by atoms with Crippen LogP contribution in [0.15, 0.2) is 4.60 Å². The van der Waals surface area contributed by atoms with Gasteiger partial charge in [0.15, 0.2) is 0 Å². The van der Waals surface area contributed by atoms with E-state index in [1.54, 1.807) is 0 Å². The number of H-pyrrole nitrogens is 1. The number of nitriles is 1. The summed E-state index contributed by atoms with van der Waals surface area (Å²) in [5.74, 6) is 0.823. The number of hydrogen-bond acceptors (Lipinski definition) is 3. The van der Waals surface area contributed by atoms with Crippen molar-refractivity contribution in [2.24, 2.45) is 0 Å². The molecule has 1 aromatic heterocycles. The van der Waals surface area contributed by atoms with E-state index in [1.165, 1.54) is 0 Å². The van der Waals surface area contributed by atoms with Gasteiger partial charge in [0.25, 0.3) is 0 Å². The molecule has 82 valence electrons. The minimum atomic E-state index is -0.254. The van der Waals surface area contributed by atoms with E-state index < -0.39 is 0 Å². The topological polar surface area (TPSA) is 55.7 Å². The summed E-state index contributed by atoms with van der Waals surface area (Å²) in [5.41, 5.74) is 0.846. The highest BCUT2D eigenvalue weighted by molar-refractivity contribution is 9.10. The second-order valence-electron chi connectivity index (χ2n) is 3.28. The van der Waals surface area contributed by atoms with Crippen LogP contribution in [0, 0.1) is 18.3 Å². The lowest BCUT2D eigenvalue weighted by Gasteiger charge is -2.23.